The van der Waals surface area contributed by atoms with Gasteiger partial charge in [-0.25, -0.2) is 0 Å². The molecule has 2 aromatic rings. The molecule has 0 bridgehead atoms. The Morgan fingerprint density at radius 3 is 2.61 bits per heavy atom. The van der Waals surface area contributed by atoms with Crippen molar-refractivity contribution < 1.29 is 19.1 Å². The Labute approximate surface area is 163 Å². The van der Waals surface area contributed by atoms with Crippen LogP contribution in [0.1, 0.15) is 12.0 Å². The molecule has 0 fully saturated rings. The molecular weight excluding hydrogens is 358 g/mol. The molecular formula is C21H23N3O4. The van der Waals surface area contributed by atoms with Crippen molar-refractivity contribution in [3.05, 3.63) is 60.2 Å². The lowest BCUT2D eigenvalue weighted by Crippen LogP contribution is -2.51. The summed E-state index contributed by atoms with van der Waals surface area (Å²) in [6.45, 7) is 0.0228. The Hall–Kier alpha value is -3.35. The highest BCUT2D eigenvalue weighted by Gasteiger charge is 2.32. The number of para-hydroxylation sites is 2. The van der Waals surface area contributed by atoms with Crippen LogP contribution in [0.2, 0.25) is 0 Å². The maximum Gasteiger partial charge on any atom is 0.325 e. The summed E-state index contributed by atoms with van der Waals surface area (Å²) in [4.78, 5) is 38.6. The van der Waals surface area contributed by atoms with Gasteiger partial charge in [0.25, 0.3) is 5.91 Å². The minimum atomic E-state index is -0.777. The number of esters is 1. The summed E-state index contributed by atoms with van der Waals surface area (Å²) in [5, 5.41) is 5.97. The zero-order valence-corrected chi connectivity index (χ0v) is 15.7. The number of aryl methyl sites for hydroxylation is 1. The Balaban J connectivity index is 1.70. The van der Waals surface area contributed by atoms with Crippen LogP contribution in [0.25, 0.3) is 0 Å². The quantitative estimate of drug-likeness (QED) is 0.744. The molecule has 0 spiro atoms. The number of nitrogens with zero attached hydrogens (tertiary/aromatic N) is 1. The van der Waals surface area contributed by atoms with Crippen LogP contribution in [-0.2, 0) is 25.5 Å². The molecule has 28 heavy (non-hydrogen) atoms. The molecule has 0 saturated carbocycles. The van der Waals surface area contributed by atoms with Crippen LogP contribution >= 0.6 is 0 Å². The highest BCUT2D eigenvalue weighted by Crippen LogP contribution is 2.28. The number of benzene rings is 2. The molecule has 0 saturated heterocycles. The number of hydrogen-bond donors (Lipinski definition) is 2. The zero-order chi connectivity index (χ0) is 19.9. The molecule has 0 aromatic heterocycles. The van der Waals surface area contributed by atoms with Crippen LogP contribution < -0.4 is 15.5 Å². The molecule has 1 unspecified atom stereocenters. The summed E-state index contributed by atoms with van der Waals surface area (Å²) in [7, 11) is 1.28. The lowest BCUT2D eigenvalue weighted by Gasteiger charge is -2.24. The average Bonchev–Trinajstić information content (AvgIpc) is 2.85. The van der Waals surface area contributed by atoms with E-state index in [9.17, 15) is 14.4 Å². The van der Waals surface area contributed by atoms with E-state index in [1.165, 1.54) is 12.0 Å². The summed E-state index contributed by atoms with van der Waals surface area (Å²) >= 11 is 0. The van der Waals surface area contributed by atoms with E-state index in [-0.39, 0.29) is 31.3 Å². The van der Waals surface area contributed by atoms with Gasteiger partial charge in [0.05, 0.1) is 18.5 Å². The summed E-state index contributed by atoms with van der Waals surface area (Å²) in [5.74, 6) is -1.09. The van der Waals surface area contributed by atoms with Gasteiger partial charge >= 0.3 is 5.97 Å². The molecule has 2 N–H and O–H groups in total. The van der Waals surface area contributed by atoms with Gasteiger partial charge in [-0.15, -0.1) is 0 Å². The first kappa shape index (κ1) is 19.4. The smallest absolute Gasteiger partial charge is 0.325 e. The molecule has 146 valence electrons. The van der Waals surface area contributed by atoms with Crippen molar-refractivity contribution in [3.63, 3.8) is 0 Å². The first-order chi connectivity index (χ1) is 13.6. The van der Waals surface area contributed by atoms with Crippen molar-refractivity contribution in [3.8, 4) is 0 Å². The second kappa shape index (κ2) is 9.03. The van der Waals surface area contributed by atoms with E-state index >= 15 is 0 Å². The molecule has 3 rings (SSSR count). The monoisotopic (exact) mass is 381 g/mol. The number of carbonyl (C=O) groups excluding carboxylic acids is 3. The van der Waals surface area contributed by atoms with E-state index in [0.29, 0.717) is 12.1 Å². The number of methoxy groups -OCH3 is 1. The van der Waals surface area contributed by atoms with Crippen LogP contribution in [0, 0.1) is 0 Å². The number of amides is 2. The van der Waals surface area contributed by atoms with E-state index in [4.69, 9.17) is 4.74 Å². The standard InChI is InChI=1S/C21H23N3O4/c1-28-20(26)14-24-18-10-6-5-9-16(18)22-13-17(21(24)27)23-19(25)12-11-15-7-3-2-4-8-15/h2-10,17,22H,11-14H2,1H3,(H,23,25). The third kappa shape index (κ3) is 4.68. The number of anilines is 2. The molecule has 1 atom stereocenters. The van der Waals surface area contributed by atoms with Crippen LogP contribution in [0.5, 0.6) is 0 Å². The SMILES string of the molecule is COC(=O)CN1C(=O)C(NC(=O)CCc2ccccc2)CNc2ccccc21. The molecule has 7 nitrogen and oxygen atoms in total. The van der Waals surface area contributed by atoms with E-state index in [1.54, 1.807) is 12.1 Å². The Morgan fingerprint density at radius 2 is 1.86 bits per heavy atom. The molecule has 1 aliphatic rings. The number of fused-ring (bicyclic) bond motifs is 1. The Bertz CT molecular complexity index is 854. The molecule has 1 aliphatic heterocycles. The second-order valence-corrected chi connectivity index (χ2v) is 6.50. The second-order valence-electron chi connectivity index (χ2n) is 6.50. The maximum absolute atomic E-state index is 13.0. The van der Waals surface area contributed by atoms with Crippen LogP contribution in [0.4, 0.5) is 11.4 Å². The summed E-state index contributed by atoms with van der Waals surface area (Å²) in [6.07, 6.45) is 0.866. The molecule has 0 aliphatic carbocycles. The topological polar surface area (TPSA) is 87.7 Å². The van der Waals surface area contributed by atoms with Gasteiger partial charge in [0.2, 0.25) is 5.91 Å². The van der Waals surface area contributed by atoms with Gasteiger partial charge in [0, 0.05) is 13.0 Å². The van der Waals surface area contributed by atoms with Gasteiger partial charge in [-0.3, -0.25) is 19.3 Å². The van der Waals surface area contributed by atoms with Gasteiger partial charge in [-0.1, -0.05) is 42.5 Å². The average molecular weight is 381 g/mol. The number of rotatable bonds is 6. The minimum Gasteiger partial charge on any atom is -0.468 e. The van der Waals surface area contributed by atoms with Gasteiger partial charge < -0.3 is 15.4 Å². The fraction of sp³-hybridized carbons (Fsp3) is 0.286. The Morgan fingerprint density at radius 1 is 1.14 bits per heavy atom. The predicted octanol–water partition coefficient (Wildman–Crippen LogP) is 1.74. The molecule has 1 heterocycles. The van der Waals surface area contributed by atoms with Gasteiger partial charge in [-0.05, 0) is 24.1 Å². The van der Waals surface area contributed by atoms with E-state index in [2.05, 4.69) is 10.6 Å². The number of carbonyl (C=O) groups is 3. The maximum atomic E-state index is 13.0. The normalized spacial score (nSPS) is 15.8. The number of hydrogen-bond acceptors (Lipinski definition) is 5. The lowest BCUT2D eigenvalue weighted by molar-refractivity contribution is -0.140. The van der Waals surface area contributed by atoms with Crippen LogP contribution in [-0.4, -0.2) is 44.0 Å². The summed E-state index contributed by atoms with van der Waals surface area (Å²) < 4.78 is 4.72. The predicted molar refractivity (Wildman–Crippen MR) is 106 cm³/mol. The van der Waals surface area contributed by atoms with E-state index in [1.807, 2.05) is 42.5 Å². The lowest BCUT2D eigenvalue weighted by atomic mass is 10.1. The highest BCUT2D eigenvalue weighted by atomic mass is 16.5. The summed E-state index contributed by atoms with van der Waals surface area (Å²) in [5.41, 5.74) is 2.36. The zero-order valence-electron chi connectivity index (χ0n) is 15.7. The third-order valence-corrected chi connectivity index (χ3v) is 4.59. The third-order valence-electron chi connectivity index (χ3n) is 4.59. The van der Waals surface area contributed by atoms with Crippen LogP contribution in [0.3, 0.4) is 0 Å². The van der Waals surface area contributed by atoms with Crippen molar-refractivity contribution in [2.45, 2.75) is 18.9 Å². The van der Waals surface area contributed by atoms with E-state index in [0.717, 1.165) is 11.3 Å². The fourth-order valence-electron chi connectivity index (χ4n) is 3.10. The minimum absolute atomic E-state index is 0.215. The van der Waals surface area contributed by atoms with E-state index < -0.39 is 12.0 Å². The number of nitrogens with one attached hydrogen (secondary N) is 2. The van der Waals surface area contributed by atoms with Crippen molar-refractivity contribution in [1.82, 2.24) is 5.32 Å². The van der Waals surface area contributed by atoms with Crippen molar-refractivity contribution in [2.24, 2.45) is 0 Å². The van der Waals surface area contributed by atoms with Gasteiger partial charge in [0.1, 0.15) is 12.6 Å². The molecule has 2 aromatic carbocycles. The molecule has 0 radical (unpaired) electrons. The molecule has 7 heteroatoms. The van der Waals surface area contributed by atoms with Crippen LogP contribution in [0.15, 0.2) is 54.6 Å². The van der Waals surface area contributed by atoms with Crippen molar-refractivity contribution in [2.75, 3.05) is 30.4 Å². The Kier molecular flexibility index (Phi) is 6.26. The molecule has 2 amide bonds. The van der Waals surface area contributed by atoms with Crippen molar-refractivity contribution in [1.29, 1.82) is 0 Å². The highest BCUT2D eigenvalue weighted by molar-refractivity contribution is 6.05. The fourth-order valence-corrected chi connectivity index (χ4v) is 3.10. The van der Waals surface area contributed by atoms with Gasteiger partial charge in [0.15, 0.2) is 0 Å². The number of ether oxygens (including phenoxy) is 1. The largest absolute Gasteiger partial charge is 0.468 e. The first-order valence-electron chi connectivity index (χ1n) is 9.13. The summed E-state index contributed by atoms with van der Waals surface area (Å²) in [6, 6.07) is 16.1. The first-order valence-corrected chi connectivity index (χ1v) is 9.13. The van der Waals surface area contributed by atoms with Gasteiger partial charge in [-0.2, -0.15) is 0 Å². The van der Waals surface area contributed by atoms with Crippen molar-refractivity contribution >= 4 is 29.2 Å².